The molecule has 6 nitrogen and oxygen atoms in total. The molecule has 0 aliphatic carbocycles. The first-order valence-corrected chi connectivity index (χ1v) is 11.5. The number of nitrogens with one attached hydrogen (secondary N) is 1. The number of hydrogen-bond acceptors (Lipinski definition) is 3. The maximum atomic E-state index is 14.2. The molecule has 0 saturated heterocycles. The first kappa shape index (κ1) is 23.4. The summed E-state index contributed by atoms with van der Waals surface area (Å²) in [4.78, 5) is 25.8. The van der Waals surface area contributed by atoms with Gasteiger partial charge in [-0.25, -0.2) is 9.07 Å². The second-order valence-corrected chi connectivity index (χ2v) is 8.74. The Kier molecular flexibility index (Phi) is 6.91. The second-order valence-electron chi connectivity index (χ2n) is 8.74. The molecule has 2 aromatic heterocycles. The van der Waals surface area contributed by atoms with Gasteiger partial charge in [0.2, 0.25) is 5.91 Å². The van der Waals surface area contributed by atoms with Crippen molar-refractivity contribution in [3.8, 4) is 0 Å². The van der Waals surface area contributed by atoms with E-state index in [1.807, 2.05) is 43.5 Å². The van der Waals surface area contributed by atoms with Gasteiger partial charge >= 0.3 is 0 Å². The van der Waals surface area contributed by atoms with Gasteiger partial charge in [0.15, 0.2) is 0 Å². The molecule has 0 fully saturated rings. The average molecular weight is 461 g/mol. The van der Waals surface area contributed by atoms with Crippen LogP contribution in [0.5, 0.6) is 0 Å². The Morgan fingerprint density at radius 2 is 1.76 bits per heavy atom. The lowest BCUT2D eigenvalue weighted by molar-refractivity contribution is -0.122. The van der Waals surface area contributed by atoms with Crippen molar-refractivity contribution in [2.24, 2.45) is 0 Å². The zero-order valence-corrected chi connectivity index (χ0v) is 19.7. The summed E-state index contributed by atoms with van der Waals surface area (Å²) < 4.78 is 17.3. The zero-order chi connectivity index (χ0) is 24.2. The fourth-order valence-electron chi connectivity index (χ4n) is 4.35. The Balaban J connectivity index is 1.49. The molecule has 0 aliphatic rings. The highest BCUT2D eigenvalue weighted by atomic mass is 19.1. The van der Waals surface area contributed by atoms with Crippen LogP contribution in [0.4, 0.5) is 4.39 Å². The lowest BCUT2D eigenvalue weighted by Gasteiger charge is -2.14. The van der Waals surface area contributed by atoms with Crippen LogP contribution in [-0.4, -0.2) is 26.3 Å². The van der Waals surface area contributed by atoms with E-state index in [4.69, 9.17) is 0 Å². The molecule has 0 spiro atoms. The summed E-state index contributed by atoms with van der Waals surface area (Å²) in [7, 11) is 0. The molecular weight excluding hydrogens is 431 g/mol. The number of nitrogens with zero attached hydrogens (tertiary/aromatic N) is 3. The molecule has 1 amide bonds. The van der Waals surface area contributed by atoms with E-state index in [1.165, 1.54) is 16.3 Å². The van der Waals surface area contributed by atoms with Gasteiger partial charge in [-0.3, -0.25) is 9.59 Å². The van der Waals surface area contributed by atoms with E-state index >= 15 is 0 Å². The van der Waals surface area contributed by atoms with Crippen LogP contribution < -0.4 is 10.9 Å². The zero-order valence-electron chi connectivity index (χ0n) is 19.7. The number of aromatic nitrogens is 3. The third kappa shape index (κ3) is 4.93. The van der Waals surface area contributed by atoms with E-state index in [1.54, 1.807) is 24.4 Å². The number of benzene rings is 2. The Bertz CT molecular complexity index is 1370. The lowest BCUT2D eigenvalue weighted by atomic mass is 10.1. The lowest BCUT2D eigenvalue weighted by Crippen LogP contribution is -2.38. The molecule has 0 aliphatic heterocycles. The van der Waals surface area contributed by atoms with E-state index in [-0.39, 0.29) is 29.9 Å². The highest BCUT2D eigenvalue weighted by Crippen LogP contribution is 2.23. The van der Waals surface area contributed by atoms with Crippen LogP contribution in [0.25, 0.3) is 10.8 Å². The van der Waals surface area contributed by atoms with Gasteiger partial charge in [0.25, 0.3) is 5.56 Å². The molecule has 176 valence electrons. The van der Waals surface area contributed by atoms with Crippen molar-refractivity contribution in [2.75, 3.05) is 0 Å². The fourth-order valence-corrected chi connectivity index (χ4v) is 4.35. The van der Waals surface area contributed by atoms with Gasteiger partial charge in [0.05, 0.1) is 18.1 Å². The van der Waals surface area contributed by atoms with Gasteiger partial charge in [0.1, 0.15) is 12.4 Å². The molecule has 34 heavy (non-hydrogen) atoms. The van der Waals surface area contributed by atoms with Gasteiger partial charge in [-0.2, -0.15) is 5.10 Å². The molecule has 7 heteroatoms. The molecule has 1 atom stereocenters. The van der Waals surface area contributed by atoms with E-state index in [0.29, 0.717) is 22.9 Å². The molecule has 0 unspecified atom stereocenters. The monoisotopic (exact) mass is 460 g/mol. The first-order chi connectivity index (χ1) is 16.3. The number of carbonyl (C=O) groups excluding carboxylic acids is 1. The fraction of sp³-hybridized carbons (Fsp3) is 0.296. The van der Waals surface area contributed by atoms with Gasteiger partial charge in [-0.15, -0.1) is 0 Å². The van der Waals surface area contributed by atoms with Crippen molar-refractivity contribution in [2.45, 2.75) is 52.7 Å². The molecule has 0 bridgehead atoms. The summed E-state index contributed by atoms with van der Waals surface area (Å²) in [6.45, 7) is 5.85. The Morgan fingerprint density at radius 3 is 2.50 bits per heavy atom. The Morgan fingerprint density at radius 1 is 1.06 bits per heavy atom. The normalized spacial score (nSPS) is 12.1. The quantitative estimate of drug-likeness (QED) is 0.430. The highest BCUT2D eigenvalue weighted by Gasteiger charge is 2.18. The number of aryl methyl sites for hydroxylation is 3. The first-order valence-electron chi connectivity index (χ1n) is 11.5. The second kappa shape index (κ2) is 10.0. The van der Waals surface area contributed by atoms with E-state index < -0.39 is 0 Å². The molecule has 4 rings (SSSR count). The SMILES string of the molecule is Cc1c2cnn(CC(=O)N[C@H](C)CCc3ccccc3)c(=O)c2c(C)n1Cc1ccccc1F. The van der Waals surface area contributed by atoms with Crippen LogP contribution in [0.15, 0.2) is 65.6 Å². The number of hydrogen-bond donors (Lipinski definition) is 1. The van der Waals surface area contributed by atoms with Crippen molar-refractivity contribution in [1.82, 2.24) is 19.7 Å². The van der Waals surface area contributed by atoms with Crippen LogP contribution in [0.3, 0.4) is 0 Å². The van der Waals surface area contributed by atoms with Crippen LogP contribution >= 0.6 is 0 Å². The number of fused-ring (bicyclic) bond motifs is 1. The van der Waals surface area contributed by atoms with Crippen LogP contribution in [0, 0.1) is 19.7 Å². The minimum Gasteiger partial charge on any atom is -0.352 e. The van der Waals surface area contributed by atoms with E-state index in [0.717, 1.165) is 24.2 Å². The summed E-state index contributed by atoms with van der Waals surface area (Å²) in [6, 6.07) is 16.7. The van der Waals surface area contributed by atoms with Crippen molar-refractivity contribution >= 4 is 16.7 Å². The predicted octanol–water partition coefficient (Wildman–Crippen LogP) is 4.14. The molecule has 2 heterocycles. The summed E-state index contributed by atoms with van der Waals surface area (Å²) in [6.07, 6.45) is 3.28. The minimum absolute atomic E-state index is 0.0297. The molecule has 2 aromatic carbocycles. The summed E-state index contributed by atoms with van der Waals surface area (Å²) >= 11 is 0. The van der Waals surface area contributed by atoms with Gasteiger partial charge < -0.3 is 9.88 Å². The van der Waals surface area contributed by atoms with Crippen molar-refractivity contribution < 1.29 is 9.18 Å². The molecular formula is C27H29FN4O2. The third-order valence-corrected chi connectivity index (χ3v) is 6.30. The summed E-state index contributed by atoms with van der Waals surface area (Å²) in [5.41, 5.74) is 3.02. The summed E-state index contributed by atoms with van der Waals surface area (Å²) in [5.74, 6) is -0.540. The van der Waals surface area contributed by atoms with Gasteiger partial charge in [-0.05, 0) is 45.2 Å². The Hall–Kier alpha value is -3.74. The largest absolute Gasteiger partial charge is 0.352 e. The number of rotatable bonds is 8. The number of carbonyl (C=O) groups is 1. The molecule has 4 aromatic rings. The average Bonchev–Trinajstić information content (AvgIpc) is 3.06. The molecule has 0 radical (unpaired) electrons. The maximum absolute atomic E-state index is 14.2. The smallest absolute Gasteiger partial charge is 0.276 e. The van der Waals surface area contributed by atoms with Crippen molar-refractivity contribution in [3.63, 3.8) is 0 Å². The van der Waals surface area contributed by atoms with E-state index in [2.05, 4.69) is 22.5 Å². The van der Waals surface area contributed by atoms with Gasteiger partial charge in [0, 0.05) is 28.4 Å². The van der Waals surface area contributed by atoms with E-state index in [9.17, 15) is 14.0 Å². The highest BCUT2D eigenvalue weighted by molar-refractivity contribution is 5.87. The molecule has 1 N–H and O–H groups in total. The maximum Gasteiger partial charge on any atom is 0.276 e. The topological polar surface area (TPSA) is 68.9 Å². The Labute approximate surface area is 198 Å². The van der Waals surface area contributed by atoms with Crippen molar-refractivity contribution in [3.05, 3.63) is 99.5 Å². The predicted molar refractivity (Wildman–Crippen MR) is 131 cm³/mol. The number of amides is 1. The molecule has 0 saturated carbocycles. The third-order valence-electron chi connectivity index (χ3n) is 6.30. The summed E-state index contributed by atoms with van der Waals surface area (Å²) in [5, 5.41) is 8.42. The minimum atomic E-state index is -0.322. The number of halogens is 1. The van der Waals surface area contributed by atoms with Crippen LogP contribution in [0.2, 0.25) is 0 Å². The standard InChI is InChI=1S/C27H29FN4O2/c1-18(13-14-21-9-5-4-6-10-21)30-25(33)17-32-27(34)26-20(3)31(19(2)23(26)15-29-32)16-22-11-7-8-12-24(22)28/h4-12,15,18H,13-14,16-17H2,1-3H3,(H,30,33)/t18-/m1/s1. The van der Waals surface area contributed by atoms with Gasteiger partial charge in [-0.1, -0.05) is 48.5 Å². The van der Waals surface area contributed by atoms with Crippen LogP contribution in [-0.2, 0) is 24.3 Å². The van der Waals surface area contributed by atoms with Crippen LogP contribution in [0.1, 0.15) is 35.9 Å². The van der Waals surface area contributed by atoms with Crippen molar-refractivity contribution in [1.29, 1.82) is 0 Å².